The van der Waals surface area contributed by atoms with Gasteiger partial charge in [0, 0.05) is 6.20 Å². The number of ether oxygens (including phenoxy) is 1. The lowest BCUT2D eigenvalue weighted by Crippen LogP contribution is -2.49. The van der Waals surface area contributed by atoms with Crippen molar-refractivity contribution in [3.8, 4) is 0 Å². The lowest BCUT2D eigenvalue weighted by molar-refractivity contribution is -0.163. The summed E-state index contributed by atoms with van der Waals surface area (Å²) >= 11 is 0. The molecule has 1 aromatic rings. The number of nitrogen functional groups attached to an aromatic ring is 1. The summed E-state index contributed by atoms with van der Waals surface area (Å²) in [7, 11) is -11.5. The Labute approximate surface area is 205 Å². The Morgan fingerprint density at radius 2 is 1.78 bits per heavy atom. The van der Waals surface area contributed by atoms with Crippen LogP contribution in [0.4, 0.5) is 5.82 Å². The fourth-order valence-corrected chi connectivity index (χ4v) is 4.98. The first-order valence-corrected chi connectivity index (χ1v) is 12.9. The standard InChI is InChI=1S/C15H25N3O17P2/c16-7-1-2-18(15(27)17-7)13-11(24)9(22)6(33-13)4-32-37(31,35-36(28,29)30)34-14(26)12(25)10(23)8(21)5(20)3-19/h1-2,5-6,8-13,19-25H,3-4H2,(H2,16,17,27)(H2,28,29,30)/t5-,6-,8-,9?,10+,11?,12-,13-,37?/m1/s1. The molecule has 212 valence electrons. The highest BCUT2D eigenvalue weighted by Crippen LogP contribution is 2.61. The number of anilines is 1. The second-order valence-electron chi connectivity index (χ2n) is 7.49. The van der Waals surface area contributed by atoms with Crippen LogP contribution in [0.2, 0.25) is 0 Å². The van der Waals surface area contributed by atoms with E-state index in [1.165, 1.54) is 0 Å². The molecule has 2 rings (SSSR count). The van der Waals surface area contributed by atoms with Crippen molar-refractivity contribution in [1.29, 1.82) is 0 Å². The smallest absolute Gasteiger partial charge is 0.394 e. The van der Waals surface area contributed by atoms with E-state index in [0.29, 0.717) is 0 Å². The van der Waals surface area contributed by atoms with Gasteiger partial charge in [0.05, 0.1) is 13.2 Å². The molecule has 0 amide bonds. The number of carbonyl (C=O) groups is 1. The topological polar surface area (TPSA) is 331 Å². The number of hydrogen-bond donors (Lipinski definition) is 10. The summed E-state index contributed by atoms with van der Waals surface area (Å²) in [5, 5.41) is 67.5. The molecule has 1 aromatic heterocycles. The molecule has 1 aliphatic rings. The minimum absolute atomic E-state index is 0.169. The van der Waals surface area contributed by atoms with Crippen molar-refractivity contribution in [2.75, 3.05) is 18.9 Å². The number of aliphatic hydroxyl groups excluding tert-OH is 7. The molecule has 37 heavy (non-hydrogen) atoms. The Bertz CT molecular complexity index is 1100. The highest BCUT2D eigenvalue weighted by molar-refractivity contribution is 7.61. The molecule has 0 radical (unpaired) electrons. The Hall–Kier alpha value is -1.87. The Balaban J connectivity index is 2.17. The largest absolute Gasteiger partial charge is 0.541 e. The number of rotatable bonds is 12. The fourth-order valence-electron chi connectivity index (χ4n) is 2.90. The minimum atomic E-state index is -5.75. The highest BCUT2D eigenvalue weighted by atomic mass is 31.3. The van der Waals surface area contributed by atoms with Crippen LogP contribution in [0, 0.1) is 0 Å². The lowest BCUT2D eigenvalue weighted by atomic mass is 10.0. The van der Waals surface area contributed by atoms with E-state index in [-0.39, 0.29) is 5.82 Å². The third kappa shape index (κ3) is 8.06. The average molecular weight is 581 g/mol. The predicted octanol–water partition coefficient (Wildman–Crippen LogP) is -5.34. The van der Waals surface area contributed by atoms with Crippen LogP contribution in [-0.4, -0.2) is 117 Å². The molecule has 11 N–H and O–H groups in total. The predicted molar refractivity (Wildman–Crippen MR) is 113 cm³/mol. The van der Waals surface area contributed by atoms with Crippen molar-refractivity contribution in [2.45, 2.75) is 49.0 Å². The van der Waals surface area contributed by atoms with Gasteiger partial charge in [-0.2, -0.15) is 9.29 Å². The number of aromatic nitrogens is 2. The molecule has 1 saturated heterocycles. The first kappa shape index (κ1) is 31.3. The third-order valence-corrected chi connectivity index (χ3v) is 7.28. The van der Waals surface area contributed by atoms with Gasteiger partial charge in [0.2, 0.25) is 0 Å². The minimum Gasteiger partial charge on any atom is -0.394 e. The lowest BCUT2D eigenvalue weighted by Gasteiger charge is -2.26. The summed E-state index contributed by atoms with van der Waals surface area (Å²) in [5.74, 6) is -2.30. The van der Waals surface area contributed by atoms with Gasteiger partial charge in [0.15, 0.2) is 12.3 Å². The second kappa shape index (κ2) is 12.3. The van der Waals surface area contributed by atoms with E-state index in [4.69, 9.17) is 25.4 Å². The number of phosphoric acid groups is 2. The van der Waals surface area contributed by atoms with Gasteiger partial charge in [-0.25, -0.2) is 18.7 Å². The van der Waals surface area contributed by atoms with Crippen molar-refractivity contribution >= 4 is 27.4 Å². The SMILES string of the molecule is Nc1ccn([C@@H]2O[C@H](COP(=O)(OC(=O)[C@H](O)[C@@H](O)[C@H](O)[C@H](O)CO)OP(=O)(O)O)C(O)C2O)c(=O)n1. The summed E-state index contributed by atoms with van der Waals surface area (Å²) in [6.07, 6.45) is -15.7. The molecule has 2 heterocycles. The summed E-state index contributed by atoms with van der Waals surface area (Å²) < 4.78 is 42.5. The molecule has 0 aliphatic carbocycles. The van der Waals surface area contributed by atoms with Crippen LogP contribution in [0.3, 0.4) is 0 Å². The van der Waals surface area contributed by atoms with Gasteiger partial charge in [0.25, 0.3) is 0 Å². The molecule has 9 atom stereocenters. The van der Waals surface area contributed by atoms with Crippen LogP contribution < -0.4 is 11.4 Å². The van der Waals surface area contributed by atoms with Crippen LogP contribution in [0.15, 0.2) is 17.1 Å². The summed E-state index contributed by atoms with van der Waals surface area (Å²) in [6, 6.07) is 1.16. The van der Waals surface area contributed by atoms with E-state index in [2.05, 4.69) is 18.3 Å². The molecule has 0 spiro atoms. The second-order valence-corrected chi connectivity index (χ2v) is 10.5. The summed E-state index contributed by atoms with van der Waals surface area (Å²) in [6.45, 7) is -2.28. The first-order chi connectivity index (χ1) is 17.0. The average Bonchev–Trinajstić information content (AvgIpc) is 3.08. The van der Waals surface area contributed by atoms with Gasteiger partial charge in [-0.3, -0.25) is 9.09 Å². The van der Waals surface area contributed by atoms with Gasteiger partial charge in [-0.05, 0) is 6.07 Å². The molecular formula is C15H25N3O17P2. The molecule has 3 unspecified atom stereocenters. The Morgan fingerprint density at radius 1 is 1.16 bits per heavy atom. The fraction of sp³-hybridized carbons (Fsp3) is 0.667. The number of phosphoric ester groups is 1. The van der Waals surface area contributed by atoms with Gasteiger partial charge >= 0.3 is 27.3 Å². The van der Waals surface area contributed by atoms with Gasteiger partial charge < -0.3 is 60.5 Å². The Morgan fingerprint density at radius 3 is 2.32 bits per heavy atom. The van der Waals surface area contributed by atoms with Crippen molar-refractivity contribution in [3.63, 3.8) is 0 Å². The van der Waals surface area contributed by atoms with Gasteiger partial charge in [0.1, 0.15) is 42.4 Å². The van der Waals surface area contributed by atoms with Crippen LogP contribution in [-0.2, 0) is 32.0 Å². The molecule has 22 heteroatoms. The van der Waals surface area contributed by atoms with E-state index < -0.39 is 89.5 Å². The van der Waals surface area contributed by atoms with Crippen LogP contribution >= 0.6 is 15.6 Å². The number of nitrogens with zero attached hydrogens (tertiary/aromatic N) is 2. The molecule has 0 saturated carbocycles. The molecule has 1 fully saturated rings. The molecule has 0 aromatic carbocycles. The van der Waals surface area contributed by atoms with E-state index >= 15 is 0 Å². The zero-order valence-electron chi connectivity index (χ0n) is 18.3. The third-order valence-electron chi connectivity index (χ3n) is 4.76. The van der Waals surface area contributed by atoms with E-state index in [1.54, 1.807) is 0 Å². The van der Waals surface area contributed by atoms with Crippen LogP contribution in [0.5, 0.6) is 0 Å². The molecule has 20 nitrogen and oxygen atoms in total. The van der Waals surface area contributed by atoms with Crippen LogP contribution in [0.25, 0.3) is 0 Å². The maximum Gasteiger partial charge on any atom is 0.541 e. The van der Waals surface area contributed by atoms with Crippen molar-refractivity contribution in [3.05, 3.63) is 22.7 Å². The van der Waals surface area contributed by atoms with E-state index in [0.717, 1.165) is 16.8 Å². The van der Waals surface area contributed by atoms with E-state index in [9.17, 15) is 49.4 Å². The summed E-state index contributed by atoms with van der Waals surface area (Å²) in [5.41, 5.74) is 4.36. The maximum atomic E-state index is 12.7. The van der Waals surface area contributed by atoms with Crippen molar-refractivity contribution in [1.82, 2.24) is 9.55 Å². The monoisotopic (exact) mass is 581 g/mol. The highest BCUT2D eigenvalue weighted by Gasteiger charge is 2.48. The number of aliphatic hydroxyl groups is 7. The molecule has 0 bridgehead atoms. The maximum absolute atomic E-state index is 12.7. The van der Waals surface area contributed by atoms with Crippen molar-refractivity contribution in [2.24, 2.45) is 0 Å². The number of carbonyl (C=O) groups excluding carboxylic acids is 1. The number of hydrogen-bond acceptors (Lipinski definition) is 17. The normalized spacial score (nSPS) is 27.2. The van der Waals surface area contributed by atoms with Gasteiger partial charge in [-0.15, -0.1) is 0 Å². The molecular weight excluding hydrogens is 556 g/mol. The summed E-state index contributed by atoms with van der Waals surface area (Å²) in [4.78, 5) is 45.4. The van der Waals surface area contributed by atoms with Gasteiger partial charge in [-0.1, -0.05) is 0 Å². The zero-order valence-corrected chi connectivity index (χ0v) is 20.1. The van der Waals surface area contributed by atoms with Crippen LogP contribution in [0.1, 0.15) is 6.23 Å². The van der Waals surface area contributed by atoms with E-state index in [1.807, 2.05) is 0 Å². The quantitative estimate of drug-likeness (QED) is 0.103. The molecule has 1 aliphatic heterocycles. The Kier molecular flexibility index (Phi) is 10.4. The first-order valence-electron chi connectivity index (χ1n) is 9.94. The number of nitrogens with two attached hydrogens (primary N) is 1. The zero-order chi connectivity index (χ0) is 28.3. The van der Waals surface area contributed by atoms with Crippen molar-refractivity contribution < 1.29 is 77.6 Å².